The molecular weight excluding hydrogens is 371 g/mol. The van der Waals surface area contributed by atoms with Crippen molar-refractivity contribution >= 4 is 57.0 Å². The van der Waals surface area contributed by atoms with Crippen molar-refractivity contribution in [2.45, 2.75) is 6.92 Å². The van der Waals surface area contributed by atoms with Gasteiger partial charge >= 0.3 is 0 Å². The number of benzene rings is 2. The first-order valence-electron chi connectivity index (χ1n) is 6.92. The van der Waals surface area contributed by atoms with Crippen LogP contribution in [0.4, 0.5) is 0 Å². The van der Waals surface area contributed by atoms with Gasteiger partial charge in [0.1, 0.15) is 11.6 Å². The van der Waals surface area contributed by atoms with E-state index < -0.39 is 0 Å². The maximum absolute atomic E-state index is 12.2. The zero-order valence-electron chi connectivity index (χ0n) is 12.4. The Morgan fingerprint density at radius 2 is 1.75 bits per heavy atom. The van der Waals surface area contributed by atoms with Crippen LogP contribution in [0.1, 0.15) is 18.3 Å². The Kier molecular flexibility index (Phi) is 4.54. The van der Waals surface area contributed by atoms with Gasteiger partial charge in [0.25, 0.3) is 5.56 Å². The first kappa shape index (κ1) is 16.8. The van der Waals surface area contributed by atoms with Crippen molar-refractivity contribution < 1.29 is 5.11 Å². The molecule has 0 aliphatic heterocycles. The number of hydrogen-bond acceptors (Lipinski definition) is 3. The van der Waals surface area contributed by atoms with E-state index in [-0.39, 0.29) is 17.1 Å². The molecule has 0 aliphatic rings. The Balaban J connectivity index is 2.19. The van der Waals surface area contributed by atoms with Crippen LogP contribution in [-0.2, 0) is 0 Å². The zero-order valence-corrected chi connectivity index (χ0v) is 14.7. The third kappa shape index (κ3) is 3.13. The number of rotatable bonds is 2. The van der Waals surface area contributed by atoms with Crippen molar-refractivity contribution in [1.29, 1.82) is 0 Å². The summed E-state index contributed by atoms with van der Waals surface area (Å²) in [5.41, 5.74) is 0.891. The zero-order chi connectivity index (χ0) is 17.4. The van der Waals surface area contributed by atoms with Gasteiger partial charge in [-0.15, -0.1) is 0 Å². The van der Waals surface area contributed by atoms with Crippen LogP contribution in [0.5, 0.6) is 0 Å². The smallest absolute Gasteiger partial charge is 0.259 e. The van der Waals surface area contributed by atoms with E-state index in [1.807, 2.05) is 0 Å². The summed E-state index contributed by atoms with van der Waals surface area (Å²) in [6, 6.07) is 9.55. The Morgan fingerprint density at radius 3 is 2.46 bits per heavy atom. The fourth-order valence-electron chi connectivity index (χ4n) is 2.29. The molecule has 0 amide bonds. The number of fused-ring (bicyclic) bond motifs is 1. The number of H-pyrrole nitrogens is 1. The second kappa shape index (κ2) is 6.48. The number of aromatic nitrogens is 2. The first-order valence-corrected chi connectivity index (χ1v) is 8.05. The van der Waals surface area contributed by atoms with Crippen LogP contribution < -0.4 is 5.56 Å². The van der Waals surface area contributed by atoms with Gasteiger partial charge in [-0.3, -0.25) is 4.79 Å². The van der Waals surface area contributed by atoms with Crippen LogP contribution in [0.15, 0.2) is 41.2 Å². The van der Waals surface area contributed by atoms with Gasteiger partial charge in [0.05, 0.1) is 15.9 Å². The lowest BCUT2D eigenvalue weighted by molar-refractivity contribution is 0.513. The molecule has 2 aromatic carbocycles. The molecule has 0 radical (unpaired) electrons. The van der Waals surface area contributed by atoms with E-state index in [2.05, 4.69) is 9.97 Å². The van der Waals surface area contributed by atoms with Gasteiger partial charge in [0.15, 0.2) is 0 Å². The molecule has 0 unspecified atom stereocenters. The standard InChI is InChI=1S/C17H11Cl3N2O2/c1-8(15(23)11-4-2-9(18)6-13(11)20)16-21-14-7-10(19)3-5-12(14)17(24)22-16/h2-7,23H,1H3,(H,21,22,24). The summed E-state index contributed by atoms with van der Waals surface area (Å²) in [6.45, 7) is 1.63. The highest BCUT2D eigenvalue weighted by molar-refractivity contribution is 6.35. The predicted octanol–water partition coefficient (Wildman–Crippen LogP) is 5.33. The number of aromatic amines is 1. The summed E-state index contributed by atoms with van der Waals surface area (Å²) in [5, 5.41) is 12.1. The van der Waals surface area contributed by atoms with Gasteiger partial charge < -0.3 is 10.1 Å². The molecule has 122 valence electrons. The third-order valence-corrected chi connectivity index (χ3v) is 4.35. The Hall–Kier alpha value is -2.01. The average Bonchev–Trinajstić information content (AvgIpc) is 2.53. The molecular formula is C17H11Cl3N2O2. The molecule has 2 N–H and O–H groups in total. The summed E-state index contributed by atoms with van der Waals surface area (Å²) in [7, 11) is 0. The van der Waals surface area contributed by atoms with Gasteiger partial charge in [0.2, 0.25) is 0 Å². The van der Waals surface area contributed by atoms with E-state index in [1.165, 1.54) is 6.07 Å². The third-order valence-electron chi connectivity index (χ3n) is 3.57. The lowest BCUT2D eigenvalue weighted by Gasteiger charge is -2.09. The predicted molar refractivity (Wildman–Crippen MR) is 99.0 cm³/mol. The molecule has 0 bridgehead atoms. The highest BCUT2D eigenvalue weighted by atomic mass is 35.5. The van der Waals surface area contributed by atoms with E-state index in [0.29, 0.717) is 37.1 Å². The highest BCUT2D eigenvalue weighted by Crippen LogP contribution is 2.30. The minimum Gasteiger partial charge on any atom is -0.507 e. The van der Waals surface area contributed by atoms with Crippen molar-refractivity contribution in [1.82, 2.24) is 9.97 Å². The number of nitrogens with zero attached hydrogens (tertiary/aromatic N) is 1. The second-order valence-electron chi connectivity index (χ2n) is 5.17. The number of nitrogens with one attached hydrogen (secondary N) is 1. The second-order valence-corrected chi connectivity index (χ2v) is 6.45. The number of aliphatic hydroxyl groups excluding tert-OH is 1. The molecule has 0 aliphatic carbocycles. The lowest BCUT2D eigenvalue weighted by Crippen LogP contribution is -2.11. The molecule has 0 saturated heterocycles. The monoisotopic (exact) mass is 380 g/mol. The minimum atomic E-state index is -0.319. The maximum Gasteiger partial charge on any atom is 0.259 e. The normalized spacial score (nSPS) is 12.3. The molecule has 1 heterocycles. The number of hydrogen-bond donors (Lipinski definition) is 2. The number of aliphatic hydroxyl groups is 1. The van der Waals surface area contributed by atoms with Crippen molar-refractivity contribution in [3.8, 4) is 0 Å². The van der Waals surface area contributed by atoms with Crippen LogP contribution in [0.3, 0.4) is 0 Å². The van der Waals surface area contributed by atoms with Gasteiger partial charge in [-0.25, -0.2) is 4.98 Å². The molecule has 3 aromatic rings. The minimum absolute atomic E-state index is 0.0961. The van der Waals surface area contributed by atoms with E-state index in [0.717, 1.165) is 0 Å². The summed E-state index contributed by atoms with van der Waals surface area (Å²) < 4.78 is 0. The molecule has 0 spiro atoms. The van der Waals surface area contributed by atoms with Gasteiger partial charge in [-0.05, 0) is 43.3 Å². The summed E-state index contributed by atoms with van der Waals surface area (Å²) in [4.78, 5) is 19.2. The summed E-state index contributed by atoms with van der Waals surface area (Å²) >= 11 is 17.9. The van der Waals surface area contributed by atoms with Gasteiger partial charge in [0, 0.05) is 21.2 Å². The highest BCUT2D eigenvalue weighted by Gasteiger charge is 2.13. The molecule has 3 rings (SSSR count). The van der Waals surface area contributed by atoms with Crippen molar-refractivity contribution in [2.75, 3.05) is 0 Å². The first-order chi connectivity index (χ1) is 11.4. The summed E-state index contributed by atoms with van der Waals surface area (Å²) in [6.07, 6.45) is 0. The Morgan fingerprint density at radius 1 is 1.08 bits per heavy atom. The topological polar surface area (TPSA) is 66.0 Å². The van der Waals surface area contributed by atoms with Crippen molar-refractivity contribution in [2.24, 2.45) is 0 Å². The fourth-order valence-corrected chi connectivity index (χ4v) is 2.95. The summed E-state index contributed by atoms with van der Waals surface area (Å²) in [5.74, 6) is 0.138. The van der Waals surface area contributed by atoms with Crippen LogP contribution in [-0.4, -0.2) is 15.1 Å². The SMILES string of the molecule is CC(=C(O)c1ccc(Cl)cc1Cl)c1nc2cc(Cl)ccc2c(=O)[nH]1. The average molecular weight is 382 g/mol. The number of allylic oxidation sites excluding steroid dienone is 1. The van der Waals surface area contributed by atoms with E-state index in [9.17, 15) is 9.90 Å². The lowest BCUT2D eigenvalue weighted by atomic mass is 10.1. The molecule has 0 saturated carbocycles. The van der Waals surface area contributed by atoms with Gasteiger partial charge in [-0.1, -0.05) is 34.8 Å². The van der Waals surface area contributed by atoms with Crippen LogP contribution in [0.25, 0.3) is 22.2 Å². The molecule has 0 fully saturated rings. The molecule has 7 heteroatoms. The molecule has 0 atom stereocenters. The van der Waals surface area contributed by atoms with E-state index >= 15 is 0 Å². The fraction of sp³-hybridized carbons (Fsp3) is 0.0588. The largest absolute Gasteiger partial charge is 0.507 e. The molecule has 4 nitrogen and oxygen atoms in total. The molecule has 24 heavy (non-hydrogen) atoms. The Bertz CT molecular complexity index is 1040. The van der Waals surface area contributed by atoms with Crippen LogP contribution >= 0.6 is 34.8 Å². The quantitative estimate of drug-likeness (QED) is 0.590. The van der Waals surface area contributed by atoms with Crippen LogP contribution in [0.2, 0.25) is 15.1 Å². The van der Waals surface area contributed by atoms with Gasteiger partial charge in [-0.2, -0.15) is 0 Å². The van der Waals surface area contributed by atoms with E-state index in [1.54, 1.807) is 37.3 Å². The maximum atomic E-state index is 12.2. The Labute approximate surface area is 152 Å². The van der Waals surface area contributed by atoms with Crippen molar-refractivity contribution in [3.05, 3.63) is 73.2 Å². The number of halogens is 3. The van der Waals surface area contributed by atoms with Crippen molar-refractivity contribution in [3.63, 3.8) is 0 Å². The molecule has 1 aromatic heterocycles. The van der Waals surface area contributed by atoms with E-state index in [4.69, 9.17) is 34.8 Å². The van der Waals surface area contributed by atoms with Crippen LogP contribution in [0, 0.1) is 0 Å².